The molecule has 170 valence electrons. The summed E-state index contributed by atoms with van der Waals surface area (Å²) in [5.74, 6) is -0.190. The van der Waals surface area contributed by atoms with E-state index in [4.69, 9.17) is 11.6 Å². The molecular weight excluding hydrogens is 424 g/mol. The molecule has 0 aliphatic carbocycles. The SMILES string of the molecule is O=C(CNc1cc(Cl)ccc1C(=O)N1CCCCC1)Nc1ccc(N2CCCCC2)cc1. The quantitative estimate of drug-likeness (QED) is 0.644. The molecular formula is C25H31ClN4O2. The molecule has 4 rings (SSSR count). The predicted molar refractivity (Wildman–Crippen MR) is 131 cm³/mol. The highest BCUT2D eigenvalue weighted by molar-refractivity contribution is 6.31. The summed E-state index contributed by atoms with van der Waals surface area (Å²) in [4.78, 5) is 29.8. The summed E-state index contributed by atoms with van der Waals surface area (Å²) in [7, 11) is 0. The maximum Gasteiger partial charge on any atom is 0.255 e. The summed E-state index contributed by atoms with van der Waals surface area (Å²) in [6.07, 6.45) is 6.98. The molecule has 2 fully saturated rings. The van der Waals surface area contributed by atoms with Crippen LogP contribution in [0.15, 0.2) is 42.5 Å². The van der Waals surface area contributed by atoms with Gasteiger partial charge < -0.3 is 20.4 Å². The number of carbonyl (C=O) groups is 2. The van der Waals surface area contributed by atoms with E-state index in [1.54, 1.807) is 18.2 Å². The fraction of sp³-hybridized carbons (Fsp3) is 0.440. The van der Waals surface area contributed by atoms with Gasteiger partial charge in [-0.05, 0) is 81.0 Å². The number of rotatable bonds is 6. The van der Waals surface area contributed by atoms with Crippen molar-refractivity contribution in [3.63, 3.8) is 0 Å². The zero-order valence-electron chi connectivity index (χ0n) is 18.4. The molecule has 0 bridgehead atoms. The van der Waals surface area contributed by atoms with Crippen molar-refractivity contribution in [2.24, 2.45) is 0 Å². The van der Waals surface area contributed by atoms with Crippen LogP contribution < -0.4 is 15.5 Å². The topological polar surface area (TPSA) is 64.7 Å². The van der Waals surface area contributed by atoms with Crippen LogP contribution in [0.2, 0.25) is 5.02 Å². The summed E-state index contributed by atoms with van der Waals surface area (Å²) in [6, 6.07) is 13.1. The van der Waals surface area contributed by atoms with Gasteiger partial charge in [-0.1, -0.05) is 11.6 Å². The highest BCUT2D eigenvalue weighted by Gasteiger charge is 2.21. The highest BCUT2D eigenvalue weighted by Crippen LogP contribution is 2.25. The van der Waals surface area contributed by atoms with Gasteiger partial charge in [-0.25, -0.2) is 0 Å². The van der Waals surface area contributed by atoms with Crippen LogP contribution in [0.3, 0.4) is 0 Å². The molecule has 2 aliphatic heterocycles. The maximum atomic E-state index is 13.0. The van der Waals surface area contributed by atoms with Crippen molar-refractivity contribution in [2.45, 2.75) is 38.5 Å². The largest absolute Gasteiger partial charge is 0.375 e. The van der Waals surface area contributed by atoms with Crippen molar-refractivity contribution < 1.29 is 9.59 Å². The smallest absolute Gasteiger partial charge is 0.255 e. The second-order valence-electron chi connectivity index (χ2n) is 8.54. The van der Waals surface area contributed by atoms with E-state index in [2.05, 4.69) is 27.7 Å². The monoisotopic (exact) mass is 454 g/mol. The summed E-state index contributed by atoms with van der Waals surface area (Å²) >= 11 is 6.16. The molecule has 2 N–H and O–H groups in total. The Morgan fingerprint density at radius 2 is 1.50 bits per heavy atom. The van der Waals surface area contributed by atoms with Crippen molar-refractivity contribution in [2.75, 3.05) is 48.3 Å². The minimum absolute atomic E-state index is 0.0161. The Kier molecular flexibility index (Phi) is 7.53. The first-order valence-corrected chi connectivity index (χ1v) is 12.0. The van der Waals surface area contributed by atoms with Gasteiger partial charge in [-0.15, -0.1) is 0 Å². The summed E-state index contributed by atoms with van der Waals surface area (Å²) in [6.45, 7) is 3.78. The molecule has 7 heteroatoms. The lowest BCUT2D eigenvalue weighted by molar-refractivity contribution is -0.114. The lowest BCUT2D eigenvalue weighted by Gasteiger charge is -2.28. The van der Waals surface area contributed by atoms with Crippen molar-refractivity contribution in [1.29, 1.82) is 0 Å². The molecule has 2 heterocycles. The summed E-state index contributed by atoms with van der Waals surface area (Å²) in [5, 5.41) is 6.55. The lowest BCUT2D eigenvalue weighted by Crippen LogP contribution is -2.36. The van der Waals surface area contributed by atoms with E-state index in [1.165, 1.54) is 24.9 Å². The third-order valence-corrected chi connectivity index (χ3v) is 6.40. The van der Waals surface area contributed by atoms with Crippen molar-refractivity contribution in [1.82, 2.24) is 4.90 Å². The Morgan fingerprint density at radius 3 is 2.19 bits per heavy atom. The van der Waals surface area contributed by atoms with Gasteiger partial charge in [0.25, 0.3) is 5.91 Å². The second kappa shape index (κ2) is 10.7. The molecule has 0 saturated carbocycles. The molecule has 2 amide bonds. The number of carbonyl (C=O) groups excluding carboxylic acids is 2. The fourth-order valence-electron chi connectivity index (χ4n) is 4.40. The normalized spacial score (nSPS) is 16.5. The molecule has 0 aromatic heterocycles. The number of anilines is 3. The molecule has 0 unspecified atom stereocenters. The zero-order valence-corrected chi connectivity index (χ0v) is 19.2. The number of nitrogens with zero attached hydrogens (tertiary/aromatic N) is 2. The van der Waals surface area contributed by atoms with Crippen LogP contribution in [0.5, 0.6) is 0 Å². The minimum atomic E-state index is -0.174. The predicted octanol–water partition coefficient (Wildman–Crippen LogP) is 5.01. The third-order valence-electron chi connectivity index (χ3n) is 6.17. The van der Waals surface area contributed by atoms with Crippen LogP contribution in [0.1, 0.15) is 48.9 Å². The first-order valence-electron chi connectivity index (χ1n) is 11.6. The zero-order chi connectivity index (χ0) is 22.3. The van der Waals surface area contributed by atoms with E-state index in [-0.39, 0.29) is 18.4 Å². The average Bonchev–Trinajstić information content (AvgIpc) is 2.84. The molecule has 0 radical (unpaired) electrons. The van der Waals surface area contributed by atoms with E-state index >= 15 is 0 Å². The van der Waals surface area contributed by atoms with Crippen molar-refractivity contribution in [3.05, 3.63) is 53.1 Å². The van der Waals surface area contributed by atoms with Gasteiger partial charge in [0.2, 0.25) is 5.91 Å². The number of hydrogen-bond acceptors (Lipinski definition) is 4. The van der Waals surface area contributed by atoms with Crippen LogP contribution in [0.25, 0.3) is 0 Å². The summed E-state index contributed by atoms with van der Waals surface area (Å²) < 4.78 is 0. The molecule has 32 heavy (non-hydrogen) atoms. The van der Waals surface area contributed by atoms with Gasteiger partial charge in [-0.3, -0.25) is 9.59 Å². The van der Waals surface area contributed by atoms with Gasteiger partial charge in [0, 0.05) is 48.3 Å². The standard InChI is InChI=1S/C25H31ClN4O2/c26-19-7-12-22(25(32)30-15-5-2-6-16-30)23(17-19)27-18-24(31)28-20-8-10-21(11-9-20)29-13-3-1-4-14-29/h7-12,17,27H,1-6,13-16,18H2,(H,28,31). The lowest BCUT2D eigenvalue weighted by atomic mass is 10.1. The van der Waals surface area contributed by atoms with Crippen LogP contribution in [-0.4, -0.2) is 49.4 Å². The van der Waals surface area contributed by atoms with E-state index in [9.17, 15) is 9.59 Å². The molecule has 2 aromatic carbocycles. The molecule has 6 nitrogen and oxygen atoms in total. The van der Waals surface area contributed by atoms with Gasteiger partial charge in [0.1, 0.15) is 0 Å². The highest BCUT2D eigenvalue weighted by atomic mass is 35.5. The Balaban J connectivity index is 1.35. The van der Waals surface area contributed by atoms with Crippen LogP contribution in [-0.2, 0) is 4.79 Å². The number of hydrogen-bond donors (Lipinski definition) is 2. The molecule has 2 aliphatic rings. The Morgan fingerprint density at radius 1 is 0.844 bits per heavy atom. The number of halogens is 1. The van der Waals surface area contributed by atoms with E-state index in [0.717, 1.165) is 51.1 Å². The molecule has 2 saturated heterocycles. The Hall–Kier alpha value is -2.73. The van der Waals surface area contributed by atoms with Crippen LogP contribution in [0, 0.1) is 0 Å². The number of benzene rings is 2. The van der Waals surface area contributed by atoms with Crippen molar-refractivity contribution >= 4 is 40.5 Å². The minimum Gasteiger partial charge on any atom is -0.375 e. The van der Waals surface area contributed by atoms with Gasteiger partial charge in [0.15, 0.2) is 0 Å². The second-order valence-corrected chi connectivity index (χ2v) is 8.98. The summed E-state index contributed by atoms with van der Waals surface area (Å²) in [5.41, 5.74) is 3.09. The number of piperidine rings is 2. The van der Waals surface area contributed by atoms with Gasteiger partial charge in [0.05, 0.1) is 12.1 Å². The number of nitrogens with one attached hydrogen (secondary N) is 2. The van der Waals surface area contributed by atoms with E-state index in [1.807, 2.05) is 17.0 Å². The van der Waals surface area contributed by atoms with E-state index < -0.39 is 0 Å². The molecule has 0 atom stereocenters. The average molecular weight is 455 g/mol. The Labute approximate surface area is 194 Å². The van der Waals surface area contributed by atoms with Gasteiger partial charge in [-0.2, -0.15) is 0 Å². The molecule has 0 spiro atoms. The first-order chi connectivity index (χ1) is 15.6. The van der Waals surface area contributed by atoms with Crippen LogP contribution >= 0.6 is 11.6 Å². The molecule has 2 aromatic rings. The Bertz CT molecular complexity index is 935. The van der Waals surface area contributed by atoms with Gasteiger partial charge >= 0.3 is 0 Å². The maximum absolute atomic E-state index is 13.0. The number of likely N-dealkylation sites (tertiary alicyclic amines) is 1. The van der Waals surface area contributed by atoms with Crippen LogP contribution in [0.4, 0.5) is 17.1 Å². The van der Waals surface area contributed by atoms with Crippen molar-refractivity contribution in [3.8, 4) is 0 Å². The third kappa shape index (κ3) is 5.74. The van der Waals surface area contributed by atoms with E-state index in [0.29, 0.717) is 16.3 Å². The fourth-order valence-corrected chi connectivity index (χ4v) is 4.58. The number of amides is 2. The first kappa shape index (κ1) is 22.5.